The molecule has 0 N–H and O–H groups in total. The van der Waals surface area contributed by atoms with Crippen LogP contribution in [-0.4, -0.2) is 17.6 Å². The van der Waals surface area contributed by atoms with E-state index in [1.54, 1.807) is 19.9 Å². The second-order valence-electron chi connectivity index (χ2n) is 3.29. The summed E-state index contributed by atoms with van der Waals surface area (Å²) in [5, 5.41) is 0. The average Bonchev–Trinajstić information content (AvgIpc) is 2.21. The van der Waals surface area contributed by atoms with Crippen LogP contribution in [0.4, 0.5) is 8.78 Å². The fourth-order valence-electron chi connectivity index (χ4n) is 1.27. The second kappa shape index (κ2) is 5.53. The van der Waals surface area contributed by atoms with Crippen LogP contribution in [-0.2, 0) is 16.0 Å². The van der Waals surface area contributed by atoms with Gasteiger partial charge in [0.15, 0.2) is 0 Å². The molecular formula is C11H13F2NO2. The van der Waals surface area contributed by atoms with Crippen LogP contribution in [0, 0.1) is 6.92 Å². The number of carbonyl (C=O) groups excluding carboxylic acids is 1. The number of halogens is 2. The van der Waals surface area contributed by atoms with Crippen molar-refractivity contribution in [1.82, 2.24) is 4.98 Å². The molecule has 0 aliphatic carbocycles. The monoisotopic (exact) mass is 229 g/mol. The zero-order valence-electron chi connectivity index (χ0n) is 9.17. The number of ether oxygens (including phenoxy) is 1. The van der Waals surface area contributed by atoms with Gasteiger partial charge in [0.2, 0.25) is 0 Å². The van der Waals surface area contributed by atoms with Crippen LogP contribution < -0.4 is 0 Å². The molecule has 0 unspecified atom stereocenters. The summed E-state index contributed by atoms with van der Waals surface area (Å²) in [6.45, 7) is 3.51. The van der Waals surface area contributed by atoms with Crippen molar-refractivity contribution in [2.45, 2.75) is 26.7 Å². The van der Waals surface area contributed by atoms with Gasteiger partial charge in [-0.25, -0.2) is 8.78 Å². The molecule has 0 aliphatic rings. The Labute approximate surface area is 92.4 Å². The third kappa shape index (κ3) is 3.25. The van der Waals surface area contributed by atoms with E-state index in [1.165, 1.54) is 6.07 Å². The van der Waals surface area contributed by atoms with E-state index in [-0.39, 0.29) is 18.7 Å². The lowest BCUT2D eigenvalue weighted by Gasteiger charge is -2.06. The van der Waals surface area contributed by atoms with Crippen LogP contribution in [0.25, 0.3) is 0 Å². The highest BCUT2D eigenvalue weighted by molar-refractivity contribution is 5.71. The van der Waals surface area contributed by atoms with E-state index in [2.05, 4.69) is 4.98 Å². The zero-order valence-corrected chi connectivity index (χ0v) is 9.17. The highest BCUT2D eigenvalue weighted by atomic mass is 19.3. The lowest BCUT2D eigenvalue weighted by atomic mass is 10.2. The number of carbonyl (C=O) groups is 1. The summed E-state index contributed by atoms with van der Waals surface area (Å²) in [5.74, 6) is -0.459. The van der Waals surface area contributed by atoms with Crippen molar-refractivity contribution < 1.29 is 18.3 Å². The van der Waals surface area contributed by atoms with Crippen molar-refractivity contribution in [3.63, 3.8) is 0 Å². The van der Waals surface area contributed by atoms with Gasteiger partial charge in [-0.2, -0.15) is 0 Å². The van der Waals surface area contributed by atoms with Crippen LogP contribution in [0.2, 0.25) is 0 Å². The molecule has 5 heteroatoms. The van der Waals surface area contributed by atoms with Gasteiger partial charge in [-0.05, 0) is 25.5 Å². The van der Waals surface area contributed by atoms with Gasteiger partial charge >= 0.3 is 5.97 Å². The molecule has 0 fully saturated rings. The molecule has 88 valence electrons. The molecule has 3 nitrogen and oxygen atoms in total. The van der Waals surface area contributed by atoms with E-state index in [4.69, 9.17) is 4.74 Å². The predicted octanol–water partition coefficient (Wildman–Crippen LogP) is 2.43. The molecule has 0 amide bonds. The topological polar surface area (TPSA) is 39.2 Å². The van der Waals surface area contributed by atoms with Crippen LogP contribution >= 0.6 is 0 Å². The van der Waals surface area contributed by atoms with Crippen molar-refractivity contribution in [2.24, 2.45) is 0 Å². The van der Waals surface area contributed by atoms with Crippen molar-refractivity contribution in [3.8, 4) is 0 Å². The summed E-state index contributed by atoms with van der Waals surface area (Å²) in [6, 6.07) is 3.08. The first-order valence-corrected chi connectivity index (χ1v) is 4.94. The molecule has 16 heavy (non-hydrogen) atoms. The molecule has 0 radical (unpaired) electrons. The van der Waals surface area contributed by atoms with Gasteiger partial charge in [0.25, 0.3) is 6.43 Å². The first-order valence-electron chi connectivity index (χ1n) is 4.94. The first kappa shape index (κ1) is 12.5. The number of aryl methyl sites for hydroxylation is 1. The van der Waals surface area contributed by atoms with E-state index in [1.807, 2.05) is 0 Å². The maximum atomic E-state index is 12.5. The normalized spacial score (nSPS) is 10.6. The maximum absolute atomic E-state index is 12.5. The highest BCUT2D eigenvalue weighted by Gasteiger charge is 2.14. The first-order chi connectivity index (χ1) is 7.54. The van der Waals surface area contributed by atoms with E-state index < -0.39 is 12.4 Å². The lowest BCUT2D eigenvalue weighted by molar-refractivity contribution is -0.142. The summed E-state index contributed by atoms with van der Waals surface area (Å²) in [7, 11) is 0. The predicted molar refractivity (Wildman–Crippen MR) is 54.3 cm³/mol. The van der Waals surface area contributed by atoms with Crippen LogP contribution in [0.1, 0.15) is 30.3 Å². The molecule has 0 aliphatic heterocycles. The fraction of sp³-hybridized carbons (Fsp3) is 0.455. The number of rotatable bonds is 4. The van der Waals surface area contributed by atoms with E-state index in [0.29, 0.717) is 11.3 Å². The molecule has 1 aromatic heterocycles. The van der Waals surface area contributed by atoms with Crippen LogP contribution in [0.5, 0.6) is 0 Å². The van der Waals surface area contributed by atoms with E-state index >= 15 is 0 Å². The minimum absolute atomic E-state index is 0.0756. The van der Waals surface area contributed by atoms with Gasteiger partial charge < -0.3 is 4.74 Å². The minimum atomic E-state index is -2.62. The van der Waals surface area contributed by atoms with Crippen LogP contribution in [0.3, 0.4) is 0 Å². The third-order valence-electron chi connectivity index (χ3n) is 2.03. The molecule has 0 spiro atoms. The van der Waals surface area contributed by atoms with Gasteiger partial charge in [-0.15, -0.1) is 0 Å². The van der Waals surface area contributed by atoms with Gasteiger partial charge in [0.1, 0.15) is 5.69 Å². The number of alkyl halides is 2. The number of nitrogens with zero attached hydrogens (tertiary/aromatic N) is 1. The molecule has 0 saturated heterocycles. The summed E-state index contributed by atoms with van der Waals surface area (Å²) in [4.78, 5) is 14.9. The SMILES string of the molecule is CCOC(=O)Cc1ccc(C)c(C(F)F)n1. The Morgan fingerprint density at radius 3 is 2.75 bits per heavy atom. The maximum Gasteiger partial charge on any atom is 0.311 e. The largest absolute Gasteiger partial charge is 0.466 e. The average molecular weight is 229 g/mol. The van der Waals surface area contributed by atoms with Gasteiger partial charge in [-0.3, -0.25) is 9.78 Å². The molecule has 1 heterocycles. The number of hydrogen-bond donors (Lipinski definition) is 0. The molecule has 0 bridgehead atoms. The summed E-state index contributed by atoms with van der Waals surface area (Å²) in [6.07, 6.45) is -2.70. The Bertz CT molecular complexity index is 380. The summed E-state index contributed by atoms with van der Waals surface area (Å²) >= 11 is 0. The molecule has 0 saturated carbocycles. The van der Waals surface area contributed by atoms with E-state index in [9.17, 15) is 13.6 Å². The molecular weight excluding hydrogens is 216 g/mol. The minimum Gasteiger partial charge on any atom is -0.466 e. The van der Waals surface area contributed by atoms with Gasteiger partial charge in [0, 0.05) is 0 Å². The summed E-state index contributed by atoms with van der Waals surface area (Å²) in [5.41, 5.74) is 0.448. The Morgan fingerprint density at radius 1 is 1.50 bits per heavy atom. The highest BCUT2D eigenvalue weighted by Crippen LogP contribution is 2.20. The number of esters is 1. The Balaban J connectivity index is 2.82. The smallest absolute Gasteiger partial charge is 0.311 e. The fourth-order valence-corrected chi connectivity index (χ4v) is 1.27. The van der Waals surface area contributed by atoms with Gasteiger partial charge in [0.05, 0.1) is 18.7 Å². The number of hydrogen-bond acceptors (Lipinski definition) is 3. The molecule has 1 aromatic rings. The number of pyridine rings is 1. The standard InChI is InChI=1S/C11H13F2NO2/c1-3-16-9(15)6-8-5-4-7(2)10(14-8)11(12)13/h4-5,11H,3,6H2,1-2H3. The quantitative estimate of drug-likeness (QED) is 0.744. The lowest BCUT2D eigenvalue weighted by Crippen LogP contribution is -2.10. The Hall–Kier alpha value is -1.52. The molecule has 0 aromatic carbocycles. The molecule has 1 rings (SSSR count). The van der Waals surface area contributed by atoms with E-state index in [0.717, 1.165) is 0 Å². The zero-order chi connectivity index (χ0) is 12.1. The number of aromatic nitrogens is 1. The Morgan fingerprint density at radius 2 is 2.19 bits per heavy atom. The third-order valence-corrected chi connectivity index (χ3v) is 2.03. The van der Waals surface area contributed by atoms with Gasteiger partial charge in [-0.1, -0.05) is 6.07 Å². The van der Waals surface area contributed by atoms with Crippen LogP contribution in [0.15, 0.2) is 12.1 Å². The van der Waals surface area contributed by atoms with Crippen molar-refractivity contribution in [1.29, 1.82) is 0 Å². The summed E-state index contributed by atoms with van der Waals surface area (Å²) < 4.78 is 29.7. The van der Waals surface area contributed by atoms with Crippen molar-refractivity contribution in [2.75, 3.05) is 6.61 Å². The molecule has 0 atom stereocenters. The van der Waals surface area contributed by atoms with Crippen molar-refractivity contribution >= 4 is 5.97 Å². The Kier molecular flexibility index (Phi) is 4.34. The second-order valence-corrected chi connectivity index (χ2v) is 3.29. The van der Waals surface area contributed by atoms with Crippen molar-refractivity contribution in [3.05, 3.63) is 29.1 Å².